The molecule has 1 aliphatic carbocycles. The summed E-state index contributed by atoms with van der Waals surface area (Å²) in [4.78, 5) is 45.8. The van der Waals surface area contributed by atoms with Crippen LogP contribution in [0.2, 0.25) is 0 Å². The van der Waals surface area contributed by atoms with Crippen LogP contribution < -0.4 is 35.6 Å². The molecule has 0 bridgehead atoms. The molecule has 5 rings (SSSR count). The van der Waals surface area contributed by atoms with Gasteiger partial charge < -0.3 is 35.1 Å². The molecule has 4 aromatic rings. The molecule has 0 spiro atoms. The molecule has 3 aromatic carbocycles. The maximum absolute atomic E-state index is 13.4. The number of ether oxygens (including phenoxy) is 3. The average Bonchev–Trinajstić information content (AvgIpc) is 3.26. The van der Waals surface area contributed by atoms with Crippen molar-refractivity contribution in [3.8, 4) is 28.4 Å². The molecule has 1 atom stereocenters. The fourth-order valence-electron chi connectivity index (χ4n) is 5.36. The second-order valence-corrected chi connectivity index (χ2v) is 9.93. The molecule has 11 heteroatoms. The van der Waals surface area contributed by atoms with Gasteiger partial charge in [0.15, 0.2) is 11.5 Å². The fourth-order valence-corrected chi connectivity index (χ4v) is 5.36. The molecule has 2 amide bonds. The Hall–Kier alpha value is -5.06. The standard InChI is InChI=1S/C31H33N5O6/c1-17(37)34-21-11-9-18-13-26(40-2)30(41-3)31(42-4)29(18)19-10-12-24(25(38)14-20(19)21)32-16-28(39)33-15-27-35-22-7-5-6-8-23(22)36-27/h5-8,10,12-14,21H,9,11,15-16H2,1-4H3,(H,32,38)(H,33,39)(H,34,37)(H,35,36). The third kappa shape index (κ3) is 5.71. The van der Waals surface area contributed by atoms with E-state index in [0.29, 0.717) is 47.0 Å². The lowest BCUT2D eigenvalue weighted by atomic mass is 9.95. The number of aromatic nitrogens is 2. The predicted molar refractivity (Wildman–Crippen MR) is 159 cm³/mol. The van der Waals surface area contributed by atoms with Gasteiger partial charge in [-0.1, -0.05) is 18.2 Å². The number of fused-ring (bicyclic) bond motifs is 4. The van der Waals surface area contributed by atoms with Crippen molar-refractivity contribution in [2.45, 2.75) is 32.4 Å². The Balaban J connectivity index is 1.45. The van der Waals surface area contributed by atoms with Crippen LogP contribution in [-0.4, -0.2) is 49.7 Å². The fraction of sp³-hybridized carbons (Fsp3) is 0.290. The van der Waals surface area contributed by atoms with E-state index in [1.165, 1.54) is 20.1 Å². The number of amides is 2. The van der Waals surface area contributed by atoms with Crippen LogP contribution in [0.25, 0.3) is 22.2 Å². The number of H-pyrrole nitrogens is 1. The molecule has 1 aliphatic rings. The summed E-state index contributed by atoms with van der Waals surface area (Å²) in [6.45, 7) is 1.54. The summed E-state index contributed by atoms with van der Waals surface area (Å²) in [6, 6.07) is 14.0. The Morgan fingerprint density at radius 2 is 1.81 bits per heavy atom. The van der Waals surface area contributed by atoms with Crippen LogP contribution >= 0.6 is 0 Å². The van der Waals surface area contributed by atoms with Crippen LogP contribution in [-0.2, 0) is 22.6 Å². The van der Waals surface area contributed by atoms with Crippen LogP contribution in [0.3, 0.4) is 0 Å². The number of aromatic amines is 1. The van der Waals surface area contributed by atoms with E-state index in [4.69, 9.17) is 14.2 Å². The minimum Gasteiger partial charge on any atom is -0.493 e. The molecule has 1 heterocycles. The first-order valence-corrected chi connectivity index (χ1v) is 13.5. The number of aryl methyl sites for hydroxylation is 1. The molecule has 1 unspecified atom stereocenters. The van der Waals surface area contributed by atoms with Gasteiger partial charge in [-0.3, -0.25) is 14.4 Å². The van der Waals surface area contributed by atoms with Crippen molar-refractivity contribution in [1.82, 2.24) is 20.6 Å². The Bertz CT molecular complexity index is 1680. The summed E-state index contributed by atoms with van der Waals surface area (Å²) < 4.78 is 17.0. The van der Waals surface area contributed by atoms with Crippen molar-refractivity contribution >= 4 is 28.5 Å². The molecule has 218 valence electrons. The Kier molecular flexibility index (Phi) is 8.28. The van der Waals surface area contributed by atoms with Crippen LogP contribution in [0.15, 0.2) is 53.3 Å². The Morgan fingerprint density at radius 1 is 1.02 bits per heavy atom. The van der Waals surface area contributed by atoms with Crippen LogP contribution in [0.1, 0.15) is 36.3 Å². The zero-order valence-electron chi connectivity index (χ0n) is 23.9. The lowest BCUT2D eigenvalue weighted by Crippen LogP contribution is -2.30. The summed E-state index contributed by atoms with van der Waals surface area (Å²) in [5.41, 5.74) is 4.66. The molecule has 4 N–H and O–H groups in total. The van der Waals surface area contributed by atoms with Crippen molar-refractivity contribution in [3.05, 3.63) is 75.7 Å². The van der Waals surface area contributed by atoms with E-state index in [1.807, 2.05) is 30.3 Å². The Morgan fingerprint density at radius 3 is 2.52 bits per heavy atom. The quantitative estimate of drug-likeness (QED) is 0.239. The van der Waals surface area contributed by atoms with Gasteiger partial charge in [0.25, 0.3) is 0 Å². The molecule has 0 saturated heterocycles. The smallest absolute Gasteiger partial charge is 0.239 e. The number of nitrogens with zero attached hydrogens (tertiary/aromatic N) is 1. The van der Waals surface area contributed by atoms with Crippen LogP contribution in [0.4, 0.5) is 5.69 Å². The largest absolute Gasteiger partial charge is 0.493 e. The van der Waals surface area contributed by atoms with Crippen molar-refractivity contribution < 1.29 is 23.8 Å². The molecule has 11 nitrogen and oxygen atoms in total. The summed E-state index contributed by atoms with van der Waals surface area (Å²) in [7, 11) is 4.64. The molecule has 0 aliphatic heterocycles. The van der Waals surface area contributed by atoms with Gasteiger partial charge in [-0.2, -0.15) is 0 Å². The number of methoxy groups -OCH3 is 3. The number of carbonyl (C=O) groups is 2. The first kappa shape index (κ1) is 28.5. The molecule has 0 radical (unpaired) electrons. The predicted octanol–water partition coefficient (Wildman–Crippen LogP) is 3.47. The molecule has 0 fully saturated rings. The van der Waals surface area contributed by atoms with E-state index in [1.54, 1.807) is 26.4 Å². The van der Waals surface area contributed by atoms with Gasteiger partial charge in [0.1, 0.15) is 5.82 Å². The maximum Gasteiger partial charge on any atom is 0.239 e. The molecule has 0 saturated carbocycles. The maximum atomic E-state index is 13.4. The summed E-state index contributed by atoms with van der Waals surface area (Å²) in [5.74, 6) is 1.53. The topological polar surface area (TPSA) is 144 Å². The number of hydrogen-bond acceptors (Lipinski definition) is 8. The number of imidazole rings is 1. The van der Waals surface area contributed by atoms with E-state index in [-0.39, 0.29) is 36.0 Å². The number of hydrogen-bond donors (Lipinski definition) is 4. The van der Waals surface area contributed by atoms with Gasteiger partial charge in [-0.15, -0.1) is 0 Å². The molecular formula is C31H33N5O6. The highest BCUT2D eigenvalue weighted by atomic mass is 16.5. The third-order valence-corrected chi connectivity index (χ3v) is 7.25. The molecular weight excluding hydrogens is 538 g/mol. The van der Waals surface area contributed by atoms with Crippen molar-refractivity contribution in [3.63, 3.8) is 0 Å². The number of rotatable bonds is 9. The second-order valence-electron chi connectivity index (χ2n) is 9.93. The van der Waals surface area contributed by atoms with Gasteiger partial charge in [0, 0.05) is 12.5 Å². The highest BCUT2D eigenvalue weighted by molar-refractivity contribution is 5.84. The second kappa shape index (κ2) is 12.2. The zero-order valence-corrected chi connectivity index (χ0v) is 23.9. The van der Waals surface area contributed by atoms with Crippen LogP contribution in [0, 0.1) is 0 Å². The van der Waals surface area contributed by atoms with Gasteiger partial charge in [-0.05, 0) is 59.9 Å². The summed E-state index contributed by atoms with van der Waals surface area (Å²) >= 11 is 0. The van der Waals surface area contributed by atoms with Crippen molar-refractivity contribution in [2.75, 3.05) is 33.2 Å². The van der Waals surface area contributed by atoms with E-state index < -0.39 is 6.04 Å². The van der Waals surface area contributed by atoms with Crippen LogP contribution in [0.5, 0.6) is 17.2 Å². The lowest BCUT2D eigenvalue weighted by molar-refractivity contribution is -0.120. The highest BCUT2D eigenvalue weighted by Gasteiger charge is 2.29. The monoisotopic (exact) mass is 571 g/mol. The third-order valence-electron chi connectivity index (χ3n) is 7.25. The van der Waals surface area contributed by atoms with Gasteiger partial charge in [0.2, 0.25) is 23.0 Å². The minimum absolute atomic E-state index is 0.121. The lowest BCUT2D eigenvalue weighted by Gasteiger charge is -2.19. The SMILES string of the molecule is COc1cc2c(c(OC)c1OC)-c1ccc(NCC(=O)NCc3nc4ccccc4[nH]3)c(=O)cc1C(NC(C)=O)CC2. The van der Waals surface area contributed by atoms with Gasteiger partial charge in [0.05, 0.1) is 57.2 Å². The summed E-state index contributed by atoms with van der Waals surface area (Å²) in [6.07, 6.45) is 1.15. The van der Waals surface area contributed by atoms with Gasteiger partial charge in [-0.25, -0.2) is 4.98 Å². The first-order chi connectivity index (χ1) is 20.3. The van der Waals surface area contributed by atoms with Crippen molar-refractivity contribution in [2.24, 2.45) is 0 Å². The number of nitrogens with one attached hydrogen (secondary N) is 4. The van der Waals surface area contributed by atoms with E-state index in [2.05, 4.69) is 25.9 Å². The van der Waals surface area contributed by atoms with Crippen molar-refractivity contribution in [1.29, 1.82) is 0 Å². The number of anilines is 1. The highest BCUT2D eigenvalue weighted by Crippen LogP contribution is 2.50. The minimum atomic E-state index is -0.424. The van der Waals surface area contributed by atoms with Gasteiger partial charge >= 0.3 is 0 Å². The normalized spacial score (nSPS) is 13.8. The number of carbonyl (C=O) groups excluding carboxylic acids is 2. The molecule has 42 heavy (non-hydrogen) atoms. The first-order valence-electron chi connectivity index (χ1n) is 13.5. The average molecular weight is 572 g/mol. The number of para-hydroxylation sites is 2. The van der Waals surface area contributed by atoms with E-state index in [0.717, 1.165) is 22.2 Å². The van der Waals surface area contributed by atoms with E-state index in [9.17, 15) is 14.4 Å². The summed E-state index contributed by atoms with van der Waals surface area (Å²) in [5, 5.41) is 8.76. The molecule has 1 aromatic heterocycles. The van der Waals surface area contributed by atoms with E-state index >= 15 is 0 Å². The number of benzene rings is 2. The zero-order chi connectivity index (χ0) is 29.8. The Labute approximate surface area is 242 Å².